The second kappa shape index (κ2) is 8.75. The van der Waals surface area contributed by atoms with Crippen LogP contribution in [0.1, 0.15) is 23.7 Å². The van der Waals surface area contributed by atoms with Crippen LogP contribution in [0.5, 0.6) is 0 Å². The molecule has 2 amide bonds. The van der Waals surface area contributed by atoms with Crippen molar-refractivity contribution in [1.29, 1.82) is 0 Å². The highest BCUT2D eigenvalue weighted by atomic mass is 19.1. The number of nitrogens with zero attached hydrogens (tertiary/aromatic N) is 4. The molecule has 3 aromatic rings. The molecule has 0 unspecified atom stereocenters. The zero-order chi connectivity index (χ0) is 22.0. The number of aryl methyl sites for hydroxylation is 1. The van der Waals surface area contributed by atoms with Gasteiger partial charge in [0.25, 0.3) is 5.91 Å². The van der Waals surface area contributed by atoms with E-state index in [1.54, 1.807) is 26.5 Å². The zero-order valence-electron chi connectivity index (χ0n) is 17.5. The SMILES string of the molecule is CCn1c(=O)n(CC(=O)N2CCCN(C(=O)c3ccccc3F)CC2)c2ccccc21. The predicted molar refractivity (Wildman–Crippen MR) is 115 cm³/mol. The van der Waals surface area contributed by atoms with E-state index in [4.69, 9.17) is 0 Å². The Morgan fingerprint density at radius 3 is 2.19 bits per heavy atom. The van der Waals surface area contributed by atoms with Crippen molar-refractivity contribution >= 4 is 22.8 Å². The molecule has 0 spiro atoms. The summed E-state index contributed by atoms with van der Waals surface area (Å²) in [5.41, 5.74) is 1.37. The Morgan fingerprint density at radius 2 is 1.48 bits per heavy atom. The first-order valence-electron chi connectivity index (χ1n) is 10.5. The predicted octanol–water partition coefficient (Wildman–Crippen LogP) is 2.34. The molecular formula is C23H25FN4O3. The van der Waals surface area contributed by atoms with Crippen LogP contribution in [0.2, 0.25) is 0 Å². The number of imidazole rings is 1. The number of carbonyl (C=O) groups is 2. The Bertz CT molecular complexity index is 1180. The van der Waals surface area contributed by atoms with Crippen molar-refractivity contribution in [3.8, 4) is 0 Å². The van der Waals surface area contributed by atoms with E-state index in [1.165, 1.54) is 16.7 Å². The van der Waals surface area contributed by atoms with Crippen LogP contribution in [0.4, 0.5) is 4.39 Å². The van der Waals surface area contributed by atoms with E-state index < -0.39 is 5.82 Å². The Hall–Kier alpha value is -3.42. The molecule has 0 N–H and O–H groups in total. The lowest BCUT2D eigenvalue weighted by atomic mass is 10.2. The van der Waals surface area contributed by atoms with Crippen LogP contribution in [-0.2, 0) is 17.9 Å². The number of fused-ring (bicyclic) bond motifs is 1. The van der Waals surface area contributed by atoms with E-state index in [0.29, 0.717) is 39.1 Å². The molecule has 0 bridgehead atoms. The summed E-state index contributed by atoms with van der Waals surface area (Å²) in [5, 5.41) is 0. The number of benzene rings is 2. The number of hydrogen-bond donors (Lipinski definition) is 0. The zero-order valence-corrected chi connectivity index (χ0v) is 17.5. The van der Waals surface area contributed by atoms with Gasteiger partial charge in [-0.3, -0.25) is 18.7 Å². The molecule has 4 rings (SSSR count). The number of hydrogen-bond acceptors (Lipinski definition) is 3. The van der Waals surface area contributed by atoms with Gasteiger partial charge in [0.05, 0.1) is 16.6 Å². The lowest BCUT2D eigenvalue weighted by Gasteiger charge is -2.22. The van der Waals surface area contributed by atoms with Crippen LogP contribution >= 0.6 is 0 Å². The quantitative estimate of drug-likeness (QED) is 0.646. The van der Waals surface area contributed by atoms with Crippen molar-refractivity contribution in [2.45, 2.75) is 26.4 Å². The second-order valence-corrected chi connectivity index (χ2v) is 7.61. The molecule has 1 aliphatic rings. The topological polar surface area (TPSA) is 67.6 Å². The monoisotopic (exact) mass is 424 g/mol. The fraction of sp³-hybridized carbons (Fsp3) is 0.348. The molecule has 1 aliphatic heterocycles. The highest BCUT2D eigenvalue weighted by molar-refractivity contribution is 5.94. The molecule has 1 aromatic heterocycles. The summed E-state index contributed by atoms with van der Waals surface area (Å²) in [6.07, 6.45) is 0.595. The Kier molecular flexibility index (Phi) is 5.88. The molecular weight excluding hydrogens is 399 g/mol. The number of amides is 2. The Balaban J connectivity index is 1.48. The number of aromatic nitrogens is 2. The molecule has 8 heteroatoms. The largest absolute Gasteiger partial charge is 0.339 e. The average Bonchev–Trinajstić information content (AvgIpc) is 2.93. The molecule has 2 heterocycles. The summed E-state index contributed by atoms with van der Waals surface area (Å²) in [4.78, 5) is 41.8. The number of para-hydroxylation sites is 2. The summed E-state index contributed by atoms with van der Waals surface area (Å²) < 4.78 is 17.2. The van der Waals surface area contributed by atoms with Gasteiger partial charge in [0.1, 0.15) is 12.4 Å². The Morgan fingerprint density at radius 1 is 0.871 bits per heavy atom. The van der Waals surface area contributed by atoms with E-state index in [2.05, 4.69) is 0 Å². The van der Waals surface area contributed by atoms with E-state index in [0.717, 1.165) is 11.0 Å². The minimum absolute atomic E-state index is 0.0428. The Labute approximate surface area is 179 Å². The van der Waals surface area contributed by atoms with E-state index in [1.807, 2.05) is 31.2 Å². The van der Waals surface area contributed by atoms with Crippen molar-refractivity contribution in [2.24, 2.45) is 0 Å². The smallest absolute Gasteiger partial charge is 0.329 e. The van der Waals surface area contributed by atoms with Crippen molar-refractivity contribution < 1.29 is 14.0 Å². The fourth-order valence-corrected chi connectivity index (χ4v) is 4.14. The van der Waals surface area contributed by atoms with Crippen LogP contribution in [-0.4, -0.2) is 56.9 Å². The third kappa shape index (κ3) is 3.97. The molecule has 0 aliphatic carbocycles. The molecule has 31 heavy (non-hydrogen) atoms. The molecule has 2 aromatic carbocycles. The normalized spacial score (nSPS) is 14.6. The summed E-state index contributed by atoms with van der Waals surface area (Å²) in [6, 6.07) is 13.4. The van der Waals surface area contributed by atoms with Gasteiger partial charge in [-0.05, 0) is 37.6 Å². The van der Waals surface area contributed by atoms with E-state index in [9.17, 15) is 18.8 Å². The van der Waals surface area contributed by atoms with Crippen LogP contribution in [0, 0.1) is 5.82 Å². The lowest BCUT2D eigenvalue weighted by Crippen LogP contribution is -2.40. The van der Waals surface area contributed by atoms with Gasteiger partial charge >= 0.3 is 5.69 Å². The van der Waals surface area contributed by atoms with Crippen molar-refractivity contribution in [1.82, 2.24) is 18.9 Å². The van der Waals surface area contributed by atoms with Gasteiger partial charge in [-0.1, -0.05) is 24.3 Å². The molecule has 0 saturated carbocycles. The molecule has 1 fully saturated rings. The number of halogens is 1. The first kappa shape index (κ1) is 20.8. The highest BCUT2D eigenvalue weighted by Crippen LogP contribution is 2.15. The maximum Gasteiger partial charge on any atom is 0.329 e. The molecule has 7 nitrogen and oxygen atoms in total. The van der Waals surface area contributed by atoms with Crippen molar-refractivity contribution in [3.63, 3.8) is 0 Å². The molecule has 162 valence electrons. The fourth-order valence-electron chi connectivity index (χ4n) is 4.14. The van der Waals surface area contributed by atoms with E-state index >= 15 is 0 Å². The maximum absolute atomic E-state index is 14.0. The lowest BCUT2D eigenvalue weighted by molar-refractivity contribution is -0.131. The van der Waals surface area contributed by atoms with Gasteiger partial charge in [-0.25, -0.2) is 9.18 Å². The van der Waals surface area contributed by atoms with Crippen molar-refractivity contribution in [3.05, 3.63) is 70.4 Å². The molecule has 0 radical (unpaired) electrons. The van der Waals surface area contributed by atoms with Crippen LogP contribution in [0.25, 0.3) is 11.0 Å². The summed E-state index contributed by atoms with van der Waals surface area (Å²) in [6.45, 7) is 3.98. The second-order valence-electron chi connectivity index (χ2n) is 7.61. The number of carbonyl (C=O) groups excluding carboxylic acids is 2. The van der Waals surface area contributed by atoms with E-state index in [-0.39, 0.29) is 29.6 Å². The van der Waals surface area contributed by atoms with Crippen molar-refractivity contribution in [2.75, 3.05) is 26.2 Å². The van der Waals surface area contributed by atoms with Crippen LogP contribution in [0.3, 0.4) is 0 Å². The molecule has 0 atom stereocenters. The van der Waals surface area contributed by atoms with Crippen LogP contribution < -0.4 is 5.69 Å². The first-order valence-corrected chi connectivity index (χ1v) is 10.5. The maximum atomic E-state index is 14.0. The van der Waals surface area contributed by atoms with Gasteiger partial charge in [0.2, 0.25) is 5.91 Å². The minimum atomic E-state index is -0.545. The van der Waals surface area contributed by atoms with Gasteiger partial charge < -0.3 is 9.80 Å². The third-order valence-electron chi connectivity index (χ3n) is 5.77. The van der Waals surface area contributed by atoms with Gasteiger partial charge in [-0.2, -0.15) is 0 Å². The molecule has 1 saturated heterocycles. The number of rotatable bonds is 4. The van der Waals surface area contributed by atoms with Crippen LogP contribution in [0.15, 0.2) is 53.3 Å². The summed E-state index contributed by atoms with van der Waals surface area (Å²) in [7, 11) is 0. The van der Waals surface area contributed by atoms with Gasteiger partial charge in [-0.15, -0.1) is 0 Å². The minimum Gasteiger partial charge on any atom is -0.339 e. The highest BCUT2D eigenvalue weighted by Gasteiger charge is 2.25. The summed E-state index contributed by atoms with van der Waals surface area (Å²) >= 11 is 0. The first-order chi connectivity index (χ1) is 15.0. The van der Waals surface area contributed by atoms with Gasteiger partial charge in [0, 0.05) is 32.7 Å². The average molecular weight is 424 g/mol. The third-order valence-corrected chi connectivity index (χ3v) is 5.77. The summed E-state index contributed by atoms with van der Waals surface area (Å²) in [5.74, 6) is -1.08. The van der Waals surface area contributed by atoms with Gasteiger partial charge in [0.15, 0.2) is 0 Å². The standard InChI is InChI=1S/C23H25FN4O3/c1-2-27-19-10-5-6-11-20(19)28(23(27)31)16-21(29)25-12-7-13-26(15-14-25)22(30)17-8-3-4-9-18(17)24/h3-6,8-11H,2,7,12-16H2,1H3.